The van der Waals surface area contributed by atoms with Gasteiger partial charge in [-0.05, 0) is 40.9 Å². The SMILES string of the molecule is CCCc1nc2c(Br)cc(C)cn2c1C(=O)N1CCOCC1. The van der Waals surface area contributed by atoms with E-state index in [1.807, 2.05) is 28.5 Å². The van der Waals surface area contributed by atoms with E-state index >= 15 is 0 Å². The molecule has 1 aliphatic heterocycles. The average molecular weight is 366 g/mol. The summed E-state index contributed by atoms with van der Waals surface area (Å²) in [7, 11) is 0. The van der Waals surface area contributed by atoms with Crippen LogP contribution in [0.15, 0.2) is 16.7 Å². The van der Waals surface area contributed by atoms with Crippen molar-refractivity contribution in [3.63, 3.8) is 0 Å². The Kier molecular flexibility index (Phi) is 4.49. The number of nitrogens with zero attached hydrogens (tertiary/aromatic N) is 3. The van der Waals surface area contributed by atoms with E-state index in [9.17, 15) is 4.79 Å². The number of ether oxygens (including phenoxy) is 1. The average Bonchev–Trinajstić information content (AvgIpc) is 2.86. The normalized spacial score (nSPS) is 15.5. The van der Waals surface area contributed by atoms with Gasteiger partial charge < -0.3 is 9.64 Å². The maximum atomic E-state index is 13.0. The molecule has 0 bridgehead atoms. The number of fused-ring (bicyclic) bond motifs is 1. The molecule has 0 atom stereocenters. The number of imidazole rings is 1. The predicted molar refractivity (Wildman–Crippen MR) is 88.3 cm³/mol. The van der Waals surface area contributed by atoms with Gasteiger partial charge in [0.2, 0.25) is 0 Å². The van der Waals surface area contributed by atoms with Crippen molar-refractivity contribution >= 4 is 27.5 Å². The lowest BCUT2D eigenvalue weighted by Crippen LogP contribution is -2.41. The fraction of sp³-hybridized carbons (Fsp3) is 0.500. The van der Waals surface area contributed by atoms with Gasteiger partial charge in [-0.3, -0.25) is 9.20 Å². The van der Waals surface area contributed by atoms with Crippen molar-refractivity contribution in [1.29, 1.82) is 0 Å². The van der Waals surface area contributed by atoms with E-state index in [1.54, 1.807) is 0 Å². The van der Waals surface area contributed by atoms with Gasteiger partial charge in [-0.1, -0.05) is 13.3 Å². The first-order chi connectivity index (χ1) is 10.6. The molecule has 0 aliphatic carbocycles. The van der Waals surface area contributed by atoms with Gasteiger partial charge in [-0.15, -0.1) is 0 Å². The molecule has 1 amide bonds. The topological polar surface area (TPSA) is 46.8 Å². The molecule has 3 heterocycles. The van der Waals surface area contributed by atoms with Crippen molar-refractivity contribution < 1.29 is 9.53 Å². The van der Waals surface area contributed by atoms with Gasteiger partial charge in [-0.2, -0.15) is 0 Å². The maximum Gasteiger partial charge on any atom is 0.272 e. The van der Waals surface area contributed by atoms with Crippen LogP contribution in [0.2, 0.25) is 0 Å². The number of amides is 1. The van der Waals surface area contributed by atoms with Crippen molar-refractivity contribution in [2.45, 2.75) is 26.7 Å². The molecule has 6 heteroatoms. The predicted octanol–water partition coefficient (Wildman–Crippen LogP) is 2.83. The van der Waals surface area contributed by atoms with Crippen molar-refractivity contribution in [1.82, 2.24) is 14.3 Å². The number of hydrogen-bond acceptors (Lipinski definition) is 3. The first-order valence-corrected chi connectivity index (χ1v) is 8.45. The van der Waals surface area contributed by atoms with Gasteiger partial charge in [0.1, 0.15) is 5.69 Å². The Bertz CT molecular complexity index is 705. The number of aryl methyl sites for hydroxylation is 2. The summed E-state index contributed by atoms with van der Waals surface area (Å²) in [5, 5.41) is 0. The smallest absolute Gasteiger partial charge is 0.272 e. The molecule has 1 aliphatic rings. The zero-order valence-electron chi connectivity index (χ0n) is 12.9. The highest BCUT2D eigenvalue weighted by atomic mass is 79.9. The van der Waals surface area contributed by atoms with Crippen LogP contribution in [0.4, 0.5) is 0 Å². The lowest BCUT2D eigenvalue weighted by Gasteiger charge is -2.27. The van der Waals surface area contributed by atoms with Crippen molar-refractivity contribution in [3.05, 3.63) is 33.7 Å². The number of halogens is 1. The van der Waals surface area contributed by atoms with Crippen LogP contribution in [0.25, 0.3) is 5.65 Å². The van der Waals surface area contributed by atoms with Gasteiger partial charge in [0.25, 0.3) is 5.91 Å². The van der Waals surface area contributed by atoms with Crippen LogP contribution in [0.1, 0.15) is 35.1 Å². The highest BCUT2D eigenvalue weighted by Gasteiger charge is 2.26. The molecule has 3 rings (SSSR count). The molecular formula is C16H20BrN3O2. The van der Waals surface area contributed by atoms with E-state index < -0.39 is 0 Å². The Labute approximate surface area is 138 Å². The molecule has 118 valence electrons. The van der Waals surface area contributed by atoms with E-state index in [-0.39, 0.29) is 5.91 Å². The molecule has 22 heavy (non-hydrogen) atoms. The number of carbonyl (C=O) groups excluding carboxylic acids is 1. The van der Waals surface area contributed by atoms with E-state index in [2.05, 4.69) is 22.9 Å². The van der Waals surface area contributed by atoms with E-state index in [4.69, 9.17) is 9.72 Å². The van der Waals surface area contributed by atoms with Gasteiger partial charge in [-0.25, -0.2) is 4.98 Å². The Morgan fingerprint density at radius 2 is 2.14 bits per heavy atom. The van der Waals surface area contributed by atoms with Crippen LogP contribution < -0.4 is 0 Å². The summed E-state index contributed by atoms with van der Waals surface area (Å²) >= 11 is 3.56. The van der Waals surface area contributed by atoms with Crippen molar-refractivity contribution in [2.75, 3.05) is 26.3 Å². The third-order valence-electron chi connectivity index (χ3n) is 3.87. The molecule has 0 unspecified atom stereocenters. The molecule has 0 spiro atoms. The number of morpholine rings is 1. The molecule has 0 radical (unpaired) electrons. The molecule has 2 aromatic heterocycles. The van der Waals surface area contributed by atoms with Crippen molar-refractivity contribution in [3.8, 4) is 0 Å². The minimum absolute atomic E-state index is 0.0525. The van der Waals surface area contributed by atoms with Crippen LogP contribution in [-0.4, -0.2) is 46.5 Å². The summed E-state index contributed by atoms with van der Waals surface area (Å²) in [5.41, 5.74) is 3.48. The van der Waals surface area contributed by atoms with Crippen molar-refractivity contribution in [2.24, 2.45) is 0 Å². The van der Waals surface area contributed by atoms with Gasteiger partial charge in [0.15, 0.2) is 5.65 Å². The van der Waals surface area contributed by atoms with Gasteiger partial charge >= 0.3 is 0 Å². The van der Waals surface area contributed by atoms with Crippen LogP contribution in [-0.2, 0) is 11.2 Å². The Hall–Kier alpha value is -1.40. The molecular weight excluding hydrogens is 346 g/mol. The third kappa shape index (κ3) is 2.77. The highest BCUT2D eigenvalue weighted by Crippen LogP contribution is 2.24. The number of rotatable bonds is 3. The maximum absolute atomic E-state index is 13.0. The summed E-state index contributed by atoms with van der Waals surface area (Å²) in [6, 6.07) is 2.03. The third-order valence-corrected chi connectivity index (χ3v) is 4.46. The first kappa shape index (κ1) is 15.5. The Morgan fingerprint density at radius 1 is 1.41 bits per heavy atom. The summed E-state index contributed by atoms with van der Waals surface area (Å²) in [6.45, 7) is 6.62. The van der Waals surface area contributed by atoms with Crippen LogP contribution >= 0.6 is 15.9 Å². The lowest BCUT2D eigenvalue weighted by molar-refractivity contribution is 0.0297. The summed E-state index contributed by atoms with van der Waals surface area (Å²) in [5.74, 6) is 0.0525. The minimum atomic E-state index is 0.0525. The number of pyridine rings is 1. The molecule has 0 N–H and O–H groups in total. The second kappa shape index (κ2) is 6.38. The lowest BCUT2D eigenvalue weighted by atomic mass is 10.2. The monoisotopic (exact) mass is 365 g/mol. The molecule has 2 aromatic rings. The summed E-state index contributed by atoms with van der Waals surface area (Å²) < 4.78 is 8.20. The number of hydrogen-bond donors (Lipinski definition) is 0. The van der Waals surface area contributed by atoms with E-state index in [0.717, 1.165) is 34.2 Å². The number of aromatic nitrogens is 2. The number of carbonyl (C=O) groups is 1. The zero-order valence-corrected chi connectivity index (χ0v) is 14.5. The van der Waals surface area contributed by atoms with Gasteiger partial charge in [0, 0.05) is 19.3 Å². The molecule has 1 saturated heterocycles. The standard InChI is InChI=1S/C16H20BrN3O2/c1-3-4-13-14(16(21)19-5-7-22-8-6-19)20-10-11(2)9-12(17)15(20)18-13/h9-10H,3-8H2,1-2H3. The van der Waals surface area contributed by atoms with Crippen LogP contribution in [0, 0.1) is 6.92 Å². The Morgan fingerprint density at radius 3 is 2.82 bits per heavy atom. The summed E-state index contributed by atoms with van der Waals surface area (Å²) in [6.07, 6.45) is 3.75. The largest absolute Gasteiger partial charge is 0.378 e. The molecule has 5 nitrogen and oxygen atoms in total. The fourth-order valence-electron chi connectivity index (χ4n) is 2.83. The highest BCUT2D eigenvalue weighted by molar-refractivity contribution is 9.10. The first-order valence-electron chi connectivity index (χ1n) is 7.66. The summed E-state index contributed by atoms with van der Waals surface area (Å²) in [4.78, 5) is 19.5. The van der Waals surface area contributed by atoms with Crippen LogP contribution in [0.3, 0.4) is 0 Å². The van der Waals surface area contributed by atoms with Crippen LogP contribution in [0.5, 0.6) is 0 Å². The van der Waals surface area contributed by atoms with E-state index in [1.165, 1.54) is 0 Å². The quantitative estimate of drug-likeness (QED) is 0.839. The van der Waals surface area contributed by atoms with E-state index in [0.29, 0.717) is 32.0 Å². The zero-order chi connectivity index (χ0) is 15.7. The van der Waals surface area contributed by atoms with Gasteiger partial charge in [0.05, 0.1) is 23.4 Å². The Balaban J connectivity index is 2.12. The molecule has 0 aromatic carbocycles. The minimum Gasteiger partial charge on any atom is -0.378 e. The molecule has 0 saturated carbocycles. The second-order valence-corrected chi connectivity index (χ2v) is 6.48. The second-order valence-electron chi connectivity index (χ2n) is 5.62. The molecule has 1 fully saturated rings. The fourth-order valence-corrected chi connectivity index (χ4v) is 3.47.